The van der Waals surface area contributed by atoms with Crippen molar-refractivity contribution in [3.63, 3.8) is 0 Å². The van der Waals surface area contributed by atoms with E-state index < -0.39 is 22.8 Å². The minimum atomic E-state index is -1.04. The average Bonchev–Trinajstić information content (AvgIpc) is 3.40. The molecule has 2 aliphatic rings. The molecular formula is C25H24N2O8. The zero-order valence-electron chi connectivity index (χ0n) is 19.6. The monoisotopic (exact) mass is 480 g/mol. The molecule has 1 N–H and O–H groups in total. The predicted octanol–water partition coefficient (Wildman–Crippen LogP) is 3.79. The molecule has 0 saturated heterocycles. The van der Waals surface area contributed by atoms with Crippen molar-refractivity contribution in [2.75, 3.05) is 14.2 Å². The third-order valence-electron chi connectivity index (χ3n) is 5.81. The molecule has 0 fully saturated rings. The summed E-state index contributed by atoms with van der Waals surface area (Å²) in [7, 11) is 2.61. The van der Waals surface area contributed by atoms with Crippen LogP contribution in [0.3, 0.4) is 0 Å². The van der Waals surface area contributed by atoms with E-state index >= 15 is 0 Å². The number of non-ortho nitro benzene ring substituents is 1. The van der Waals surface area contributed by atoms with Crippen LogP contribution in [0.4, 0.5) is 5.69 Å². The van der Waals surface area contributed by atoms with Gasteiger partial charge in [-0.05, 0) is 31.0 Å². The van der Waals surface area contributed by atoms with Gasteiger partial charge in [-0.1, -0.05) is 30.3 Å². The zero-order chi connectivity index (χ0) is 25.9. The first kappa shape index (κ1) is 25.2. The van der Waals surface area contributed by atoms with Gasteiger partial charge >= 0.3 is 17.9 Å². The lowest BCUT2D eigenvalue weighted by Gasteiger charge is -2.13. The van der Waals surface area contributed by atoms with E-state index in [9.17, 15) is 24.5 Å². The fourth-order valence-corrected chi connectivity index (χ4v) is 4.13. The number of carbonyl (C=O) groups is 3. The molecule has 10 heteroatoms. The van der Waals surface area contributed by atoms with Crippen LogP contribution in [0.1, 0.15) is 41.3 Å². The summed E-state index contributed by atoms with van der Waals surface area (Å²) < 4.78 is 9.32. The number of allylic oxidation sites excluding steroid dienone is 3. The van der Waals surface area contributed by atoms with Crippen LogP contribution in [-0.2, 0) is 25.5 Å². The van der Waals surface area contributed by atoms with E-state index in [1.54, 1.807) is 30.3 Å². The number of ether oxygens (including phenoxy) is 2. The Bertz CT molecular complexity index is 1280. The van der Waals surface area contributed by atoms with Crippen LogP contribution in [-0.4, -0.2) is 47.1 Å². The number of fused-ring (bicyclic) bond motifs is 1. The summed E-state index contributed by atoms with van der Waals surface area (Å²) in [4.78, 5) is 46.2. The summed E-state index contributed by atoms with van der Waals surface area (Å²) in [5, 5.41) is 19.7. The highest BCUT2D eigenvalue weighted by Crippen LogP contribution is 2.56. The van der Waals surface area contributed by atoms with Crippen LogP contribution in [0.15, 0.2) is 71.2 Å². The van der Waals surface area contributed by atoms with E-state index in [-0.39, 0.29) is 23.6 Å². The maximum absolute atomic E-state index is 12.0. The Morgan fingerprint density at radius 2 is 1.71 bits per heavy atom. The number of carbonyl (C=O) groups excluding carboxylic acids is 2. The SMILES string of the molecule is COC(=O)C1=C(C)N2C(C)=C2[C@H]1c1cccc([N+](=O)[O-])c1.COC(=O)Cc1ccccc1C(=O)O. The number of carboxylic acids is 1. The van der Waals surface area contributed by atoms with E-state index in [1.807, 2.05) is 18.7 Å². The molecule has 0 unspecified atom stereocenters. The van der Waals surface area contributed by atoms with Gasteiger partial charge in [0.15, 0.2) is 0 Å². The lowest BCUT2D eigenvalue weighted by atomic mass is 9.90. The van der Waals surface area contributed by atoms with Crippen LogP contribution in [0.2, 0.25) is 0 Å². The number of nitro groups is 1. The van der Waals surface area contributed by atoms with Gasteiger partial charge in [-0.2, -0.15) is 0 Å². The third-order valence-corrected chi connectivity index (χ3v) is 5.81. The maximum atomic E-state index is 12.0. The number of nitro benzene ring substituents is 1. The summed E-state index contributed by atoms with van der Waals surface area (Å²) in [6.07, 6.45) is -0.0149. The Kier molecular flexibility index (Phi) is 7.34. The van der Waals surface area contributed by atoms with Crippen molar-refractivity contribution in [3.05, 3.63) is 98.0 Å². The van der Waals surface area contributed by atoms with Crippen molar-refractivity contribution < 1.29 is 33.9 Å². The minimum Gasteiger partial charge on any atom is -0.478 e. The van der Waals surface area contributed by atoms with Gasteiger partial charge in [-0.3, -0.25) is 14.9 Å². The number of esters is 2. The Hall–Kier alpha value is -4.47. The first-order chi connectivity index (χ1) is 16.6. The molecule has 0 radical (unpaired) electrons. The van der Waals surface area contributed by atoms with E-state index in [1.165, 1.54) is 32.4 Å². The second-order valence-electron chi connectivity index (χ2n) is 7.80. The highest BCUT2D eigenvalue weighted by atomic mass is 16.6. The van der Waals surface area contributed by atoms with E-state index in [4.69, 9.17) is 9.84 Å². The fourth-order valence-electron chi connectivity index (χ4n) is 4.13. The Morgan fingerprint density at radius 1 is 1.03 bits per heavy atom. The van der Waals surface area contributed by atoms with Crippen LogP contribution in [0, 0.1) is 10.1 Å². The number of methoxy groups -OCH3 is 2. The van der Waals surface area contributed by atoms with Gasteiger partial charge in [-0.15, -0.1) is 0 Å². The molecule has 2 aliphatic heterocycles. The van der Waals surface area contributed by atoms with Crippen molar-refractivity contribution in [3.8, 4) is 0 Å². The predicted molar refractivity (Wildman–Crippen MR) is 124 cm³/mol. The number of hydrogen-bond acceptors (Lipinski definition) is 8. The first-order valence-corrected chi connectivity index (χ1v) is 10.5. The summed E-state index contributed by atoms with van der Waals surface area (Å²) in [6, 6.07) is 12.8. The van der Waals surface area contributed by atoms with Crippen LogP contribution in [0.25, 0.3) is 0 Å². The Balaban J connectivity index is 0.000000214. The minimum absolute atomic E-state index is 0.0149. The van der Waals surface area contributed by atoms with Crippen molar-refractivity contribution >= 4 is 23.6 Å². The molecule has 4 rings (SSSR count). The molecule has 10 nitrogen and oxygen atoms in total. The van der Waals surface area contributed by atoms with Crippen molar-refractivity contribution in [2.45, 2.75) is 26.2 Å². The van der Waals surface area contributed by atoms with Gasteiger partial charge in [0.1, 0.15) is 0 Å². The normalized spacial score (nSPS) is 15.7. The first-order valence-electron chi connectivity index (χ1n) is 10.5. The highest BCUT2D eigenvalue weighted by Gasteiger charge is 2.49. The number of carboxylic acid groups (broad SMARTS) is 1. The summed E-state index contributed by atoms with van der Waals surface area (Å²) >= 11 is 0. The molecule has 0 amide bonds. The van der Waals surface area contributed by atoms with Gasteiger partial charge in [0.2, 0.25) is 0 Å². The molecule has 2 heterocycles. The number of rotatable bonds is 6. The molecule has 0 bridgehead atoms. The lowest BCUT2D eigenvalue weighted by Crippen LogP contribution is -2.12. The van der Waals surface area contributed by atoms with Gasteiger partial charge in [0.25, 0.3) is 5.69 Å². The van der Waals surface area contributed by atoms with Gasteiger partial charge < -0.3 is 19.5 Å². The molecular weight excluding hydrogens is 456 g/mol. The molecule has 0 spiro atoms. The number of aromatic carboxylic acids is 1. The van der Waals surface area contributed by atoms with Crippen molar-refractivity contribution in [1.82, 2.24) is 4.90 Å². The number of nitrogens with zero attached hydrogens (tertiary/aromatic N) is 2. The van der Waals surface area contributed by atoms with Gasteiger partial charge in [0.05, 0.1) is 48.3 Å². The lowest BCUT2D eigenvalue weighted by molar-refractivity contribution is -0.384. The zero-order valence-corrected chi connectivity index (χ0v) is 19.6. The van der Waals surface area contributed by atoms with Gasteiger partial charge in [-0.25, -0.2) is 9.59 Å². The molecule has 0 aliphatic carbocycles. The quantitative estimate of drug-likeness (QED) is 0.372. The van der Waals surface area contributed by atoms with Crippen LogP contribution >= 0.6 is 0 Å². The molecule has 0 aromatic heterocycles. The van der Waals surface area contributed by atoms with E-state index in [0.29, 0.717) is 11.1 Å². The average molecular weight is 480 g/mol. The second-order valence-corrected chi connectivity index (χ2v) is 7.80. The molecule has 0 saturated carbocycles. The van der Waals surface area contributed by atoms with E-state index in [2.05, 4.69) is 4.74 Å². The fraction of sp³-hybridized carbons (Fsp3) is 0.240. The smallest absolute Gasteiger partial charge is 0.336 e. The largest absolute Gasteiger partial charge is 0.478 e. The van der Waals surface area contributed by atoms with Crippen LogP contribution < -0.4 is 0 Å². The highest BCUT2D eigenvalue weighted by molar-refractivity contribution is 5.94. The number of benzene rings is 2. The second kappa shape index (κ2) is 10.2. The Morgan fingerprint density at radius 3 is 2.31 bits per heavy atom. The maximum Gasteiger partial charge on any atom is 0.336 e. The summed E-state index contributed by atoms with van der Waals surface area (Å²) in [6.45, 7) is 3.83. The van der Waals surface area contributed by atoms with E-state index in [0.717, 1.165) is 22.7 Å². The molecule has 182 valence electrons. The van der Waals surface area contributed by atoms with Crippen molar-refractivity contribution in [1.29, 1.82) is 0 Å². The third kappa shape index (κ3) is 5.06. The standard InChI is InChI=1S/C15H14N2O4.C10H10O4/c1-8-12(15(18)21-3)13(14-9(2)16(8)14)10-5-4-6-11(7-10)17(19)20;1-14-9(11)6-7-4-2-3-5-8(7)10(12)13/h4-7,13H,1-3H3;2-5H,6H2,1H3,(H,12,13)/t13-,16?;/m0./s1. The molecule has 1 atom stereocenters. The molecule has 35 heavy (non-hydrogen) atoms. The Labute approximate surface area is 201 Å². The number of hydrogen-bond donors (Lipinski definition) is 1. The molecule has 2 aromatic carbocycles. The topological polar surface area (TPSA) is 136 Å². The molecule has 2 aromatic rings. The van der Waals surface area contributed by atoms with Crippen LogP contribution in [0.5, 0.6) is 0 Å². The summed E-state index contributed by atoms with van der Waals surface area (Å²) in [5.41, 5.74) is 4.87. The van der Waals surface area contributed by atoms with Crippen molar-refractivity contribution in [2.24, 2.45) is 0 Å². The van der Waals surface area contributed by atoms with Gasteiger partial charge in [0, 0.05) is 23.5 Å². The summed E-state index contributed by atoms with van der Waals surface area (Å²) in [5.74, 6) is -2.16.